The first-order valence-corrected chi connectivity index (χ1v) is 4.74. The van der Waals surface area contributed by atoms with E-state index in [0.717, 1.165) is 0 Å². The summed E-state index contributed by atoms with van der Waals surface area (Å²) in [6.07, 6.45) is 0.822. The average molecular weight is 214 g/mol. The maximum atomic E-state index is 12.7. The minimum Gasteiger partial charge on any atom is -0.343 e. The molecular weight excluding hydrogens is 203 g/mol. The third kappa shape index (κ3) is 2.33. The molecule has 0 bridgehead atoms. The minimum atomic E-state index is -1.23. The van der Waals surface area contributed by atoms with Gasteiger partial charge in [0.25, 0.3) is 5.56 Å². The summed E-state index contributed by atoms with van der Waals surface area (Å²) < 4.78 is 18.9. The maximum absolute atomic E-state index is 12.7. The van der Waals surface area contributed by atoms with E-state index in [2.05, 4.69) is 4.98 Å². The van der Waals surface area contributed by atoms with Crippen molar-refractivity contribution in [3.05, 3.63) is 33.1 Å². The molecule has 1 aliphatic heterocycles. The van der Waals surface area contributed by atoms with Crippen molar-refractivity contribution in [2.24, 2.45) is 0 Å². The zero-order valence-electron chi connectivity index (χ0n) is 7.98. The second kappa shape index (κ2) is 3.98. The highest BCUT2D eigenvalue weighted by molar-refractivity contribution is 4.83. The van der Waals surface area contributed by atoms with E-state index in [4.69, 9.17) is 4.74 Å². The van der Waals surface area contributed by atoms with Gasteiger partial charge in [0.2, 0.25) is 0 Å². The van der Waals surface area contributed by atoms with Gasteiger partial charge in [0.05, 0.1) is 12.6 Å². The highest BCUT2D eigenvalue weighted by atomic mass is 19.1. The van der Waals surface area contributed by atoms with Crippen LogP contribution in [0.15, 0.2) is 21.9 Å². The van der Waals surface area contributed by atoms with Gasteiger partial charge in [0.15, 0.2) is 6.36 Å². The summed E-state index contributed by atoms with van der Waals surface area (Å²) >= 11 is 0. The molecule has 6 heteroatoms. The van der Waals surface area contributed by atoms with E-state index in [9.17, 15) is 14.0 Å². The number of ether oxygens (including phenoxy) is 1. The first kappa shape index (κ1) is 10.1. The standard InChI is InChI=1S/C9H11FN2O3/c10-7-2-1-6(15-7)5-12-4-3-8(13)11-9(12)14/h3-4,6-7H,1-2,5H2,(H,11,13,14). The van der Waals surface area contributed by atoms with Crippen LogP contribution in [-0.2, 0) is 11.3 Å². The van der Waals surface area contributed by atoms with Crippen LogP contribution in [0, 0.1) is 0 Å². The van der Waals surface area contributed by atoms with Gasteiger partial charge in [-0.25, -0.2) is 9.18 Å². The average Bonchev–Trinajstić information content (AvgIpc) is 2.56. The summed E-state index contributed by atoms with van der Waals surface area (Å²) in [6.45, 7) is 0.274. The molecule has 0 saturated carbocycles. The molecule has 0 aliphatic carbocycles. The number of alkyl halides is 1. The van der Waals surface area contributed by atoms with Crippen LogP contribution in [-0.4, -0.2) is 22.0 Å². The summed E-state index contributed by atoms with van der Waals surface area (Å²) in [7, 11) is 0. The Hall–Kier alpha value is -1.43. The fraction of sp³-hybridized carbons (Fsp3) is 0.556. The maximum Gasteiger partial charge on any atom is 0.328 e. The zero-order chi connectivity index (χ0) is 10.8. The van der Waals surface area contributed by atoms with E-state index in [-0.39, 0.29) is 12.6 Å². The van der Waals surface area contributed by atoms with Crippen molar-refractivity contribution in [3.63, 3.8) is 0 Å². The molecule has 0 radical (unpaired) electrons. The molecule has 82 valence electrons. The topological polar surface area (TPSA) is 64.1 Å². The number of hydrogen-bond acceptors (Lipinski definition) is 3. The van der Waals surface area contributed by atoms with Gasteiger partial charge in [0, 0.05) is 18.7 Å². The Labute approximate surface area is 84.5 Å². The highest BCUT2D eigenvalue weighted by Gasteiger charge is 2.24. The lowest BCUT2D eigenvalue weighted by Crippen LogP contribution is -2.32. The van der Waals surface area contributed by atoms with E-state index in [1.807, 2.05) is 0 Å². The van der Waals surface area contributed by atoms with Crippen LogP contribution in [0.5, 0.6) is 0 Å². The van der Waals surface area contributed by atoms with Crippen molar-refractivity contribution in [2.75, 3.05) is 0 Å². The quantitative estimate of drug-likeness (QED) is 0.754. The molecule has 15 heavy (non-hydrogen) atoms. The van der Waals surface area contributed by atoms with Crippen LogP contribution in [0.1, 0.15) is 12.8 Å². The molecule has 1 saturated heterocycles. The molecule has 2 rings (SSSR count). The Kier molecular flexibility index (Phi) is 2.68. The summed E-state index contributed by atoms with van der Waals surface area (Å²) in [6, 6.07) is 1.25. The first-order chi connectivity index (χ1) is 7.15. The third-order valence-corrected chi connectivity index (χ3v) is 2.35. The van der Waals surface area contributed by atoms with Crippen molar-refractivity contribution < 1.29 is 9.13 Å². The monoisotopic (exact) mass is 214 g/mol. The Morgan fingerprint density at radius 1 is 1.53 bits per heavy atom. The molecule has 1 fully saturated rings. The number of aromatic amines is 1. The minimum absolute atomic E-state index is 0.274. The predicted octanol–water partition coefficient (Wildman–Crippen LogP) is 0.0112. The van der Waals surface area contributed by atoms with E-state index in [0.29, 0.717) is 12.8 Å². The van der Waals surface area contributed by atoms with Gasteiger partial charge in [-0.05, 0) is 6.42 Å². The molecule has 0 amide bonds. The predicted molar refractivity (Wildman–Crippen MR) is 50.3 cm³/mol. The van der Waals surface area contributed by atoms with E-state index < -0.39 is 17.6 Å². The lowest BCUT2D eigenvalue weighted by atomic mass is 10.2. The van der Waals surface area contributed by atoms with Crippen molar-refractivity contribution in [3.8, 4) is 0 Å². The number of rotatable bonds is 2. The molecule has 5 nitrogen and oxygen atoms in total. The normalized spacial score (nSPS) is 25.7. The second-order valence-corrected chi connectivity index (χ2v) is 3.51. The Morgan fingerprint density at radius 2 is 2.33 bits per heavy atom. The van der Waals surface area contributed by atoms with Crippen molar-refractivity contribution in [1.29, 1.82) is 0 Å². The SMILES string of the molecule is O=c1ccn(CC2CCC(F)O2)c(=O)[nH]1. The van der Waals surface area contributed by atoms with E-state index in [1.54, 1.807) is 0 Å². The zero-order valence-corrected chi connectivity index (χ0v) is 7.98. The summed E-state index contributed by atoms with van der Waals surface area (Å²) in [5, 5.41) is 0. The number of nitrogens with zero attached hydrogens (tertiary/aromatic N) is 1. The van der Waals surface area contributed by atoms with Crippen LogP contribution in [0.3, 0.4) is 0 Å². The molecule has 0 spiro atoms. The number of nitrogens with one attached hydrogen (secondary N) is 1. The van der Waals surface area contributed by atoms with Crippen LogP contribution in [0.4, 0.5) is 4.39 Å². The van der Waals surface area contributed by atoms with Gasteiger partial charge < -0.3 is 4.74 Å². The second-order valence-electron chi connectivity index (χ2n) is 3.51. The molecule has 0 aromatic carbocycles. The molecule has 1 aliphatic rings. The Morgan fingerprint density at radius 3 is 2.93 bits per heavy atom. The highest BCUT2D eigenvalue weighted by Crippen LogP contribution is 2.20. The van der Waals surface area contributed by atoms with Crippen molar-refractivity contribution >= 4 is 0 Å². The van der Waals surface area contributed by atoms with Gasteiger partial charge in [-0.2, -0.15) is 0 Å². The van der Waals surface area contributed by atoms with Crippen LogP contribution in [0.2, 0.25) is 0 Å². The van der Waals surface area contributed by atoms with Gasteiger partial charge in [-0.15, -0.1) is 0 Å². The van der Waals surface area contributed by atoms with Crippen molar-refractivity contribution in [1.82, 2.24) is 9.55 Å². The molecular formula is C9H11FN2O3. The van der Waals surface area contributed by atoms with Crippen LogP contribution in [0.25, 0.3) is 0 Å². The smallest absolute Gasteiger partial charge is 0.328 e. The Balaban J connectivity index is 2.11. The summed E-state index contributed by atoms with van der Waals surface area (Å²) in [5.41, 5.74) is -0.930. The summed E-state index contributed by atoms with van der Waals surface area (Å²) in [5.74, 6) is 0. The van der Waals surface area contributed by atoms with Crippen LogP contribution >= 0.6 is 0 Å². The number of halogens is 1. The summed E-state index contributed by atoms with van der Waals surface area (Å²) in [4.78, 5) is 24.2. The number of aromatic nitrogens is 2. The molecule has 1 N–H and O–H groups in total. The Bertz CT molecular complexity index is 453. The fourth-order valence-electron chi connectivity index (χ4n) is 1.60. The first-order valence-electron chi connectivity index (χ1n) is 4.74. The fourth-order valence-corrected chi connectivity index (χ4v) is 1.60. The number of H-pyrrole nitrogens is 1. The molecule has 1 aromatic rings. The van der Waals surface area contributed by atoms with Gasteiger partial charge in [-0.1, -0.05) is 0 Å². The van der Waals surface area contributed by atoms with Crippen LogP contribution < -0.4 is 11.2 Å². The largest absolute Gasteiger partial charge is 0.343 e. The molecule has 2 atom stereocenters. The molecule has 1 aromatic heterocycles. The van der Waals surface area contributed by atoms with E-state index >= 15 is 0 Å². The van der Waals surface area contributed by atoms with Gasteiger partial charge in [-0.3, -0.25) is 14.3 Å². The number of hydrogen-bond donors (Lipinski definition) is 1. The lowest BCUT2D eigenvalue weighted by Gasteiger charge is -2.10. The molecule has 2 heterocycles. The van der Waals surface area contributed by atoms with Crippen molar-refractivity contribution in [2.45, 2.75) is 31.8 Å². The molecule has 2 unspecified atom stereocenters. The third-order valence-electron chi connectivity index (χ3n) is 2.35. The van der Waals surface area contributed by atoms with Gasteiger partial charge >= 0.3 is 5.69 Å². The van der Waals surface area contributed by atoms with E-state index in [1.165, 1.54) is 16.8 Å². The van der Waals surface area contributed by atoms with Gasteiger partial charge in [0.1, 0.15) is 0 Å². The lowest BCUT2D eigenvalue weighted by molar-refractivity contribution is -0.0394.